The fourth-order valence-electron chi connectivity index (χ4n) is 3.28. The smallest absolute Gasteiger partial charge is 0.261 e. The summed E-state index contributed by atoms with van der Waals surface area (Å²) in [5.41, 5.74) is 3.44. The monoisotopic (exact) mass is 603 g/mol. The van der Waals surface area contributed by atoms with Gasteiger partial charge in [0.05, 0.1) is 17.1 Å². The van der Waals surface area contributed by atoms with Gasteiger partial charge in [0, 0.05) is 15.8 Å². The highest BCUT2D eigenvalue weighted by Gasteiger charge is 2.17. The van der Waals surface area contributed by atoms with Gasteiger partial charge in [0.25, 0.3) is 15.9 Å². The number of hydrogen-bond acceptors (Lipinski definition) is 5. The molecule has 0 aliphatic heterocycles. The summed E-state index contributed by atoms with van der Waals surface area (Å²) in [6.45, 7) is 8.59. The van der Waals surface area contributed by atoms with Gasteiger partial charge in [-0.15, -0.1) is 0 Å². The van der Waals surface area contributed by atoms with Crippen molar-refractivity contribution in [3.63, 3.8) is 0 Å². The molecule has 0 spiro atoms. The molecule has 3 aromatic rings. The van der Waals surface area contributed by atoms with Gasteiger partial charge < -0.3 is 10.1 Å². The number of benzene rings is 3. The lowest BCUT2D eigenvalue weighted by Gasteiger charge is -2.14. The number of aryl methyl sites for hydroxylation is 2. The number of thiocarbonyl (C=S) groups is 1. The molecule has 0 aromatic heterocycles. The van der Waals surface area contributed by atoms with Gasteiger partial charge in [-0.3, -0.25) is 14.8 Å². The van der Waals surface area contributed by atoms with Gasteiger partial charge in [-0.2, -0.15) is 0 Å². The Bertz CT molecular complexity index is 1390. The van der Waals surface area contributed by atoms with Crippen molar-refractivity contribution in [1.29, 1.82) is 0 Å². The number of carbonyl (C=O) groups is 1. The lowest BCUT2D eigenvalue weighted by atomic mass is 10.1. The molecule has 3 rings (SSSR count). The molecule has 0 unspecified atom stereocenters. The highest BCUT2D eigenvalue weighted by Crippen LogP contribution is 2.24. The molecule has 0 saturated heterocycles. The lowest BCUT2D eigenvalue weighted by Crippen LogP contribution is -2.34. The number of sulfonamides is 1. The molecule has 0 aliphatic rings. The van der Waals surface area contributed by atoms with E-state index in [0.717, 1.165) is 22.0 Å². The molecular weight excluding hydrogens is 574 g/mol. The number of rotatable bonds is 9. The molecular formula is C27H30BrN3O4S2. The number of amides is 1. The highest BCUT2D eigenvalue weighted by atomic mass is 79.9. The summed E-state index contributed by atoms with van der Waals surface area (Å²) in [6.07, 6.45) is 0.864. The second kappa shape index (κ2) is 12.5. The van der Waals surface area contributed by atoms with Crippen molar-refractivity contribution in [2.45, 2.75) is 39.0 Å². The summed E-state index contributed by atoms with van der Waals surface area (Å²) in [5.74, 6) is 0.526. The van der Waals surface area contributed by atoms with Gasteiger partial charge in [-0.05, 0) is 104 Å². The first-order valence-electron chi connectivity index (χ1n) is 11.7. The molecule has 3 N–H and O–H groups in total. The third-order valence-corrected chi connectivity index (χ3v) is 7.64. The second-order valence-corrected chi connectivity index (χ2v) is 12.0. The molecule has 196 valence electrons. The third kappa shape index (κ3) is 8.28. The van der Waals surface area contributed by atoms with Crippen molar-refractivity contribution in [2.24, 2.45) is 5.92 Å². The Labute approximate surface area is 232 Å². The average molecular weight is 605 g/mol. The summed E-state index contributed by atoms with van der Waals surface area (Å²) in [6, 6.07) is 16.7. The minimum Gasteiger partial charge on any atom is -0.493 e. The van der Waals surface area contributed by atoms with Crippen LogP contribution in [0.25, 0.3) is 0 Å². The van der Waals surface area contributed by atoms with Gasteiger partial charge in [0.15, 0.2) is 5.11 Å². The van der Waals surface area contributed by atoms with E-state index in [9.17, 15) is 13.2 Å². The zero-order chi connectivity index (χ0) is 27.2. The predicted molar refractivity (Wildman–Crippen MR) is 156 cm³/mol. The molecule has 0 heterocycles. The molecule has 0 fully saturated rings. The van der Waals surface area contributed by atoms with Crippen molar-refractivity contribution < 1.29 is 17.9 Å². The van der Waals surface area contributed by atoms with E-state index >= 15 is 0 Å². The maximum atomic E-state index is 12.9. The molecule has 37 heavy (non-hydrogen) atoms. The van der Waals surface area contributed by atoms with E-state index < -0.39 is 15.9 Å². The highest BCUT2D eigenvalue weighted by molar-refractivity contribution is 9.10. The van der Waals surface area contributed by atoms with Crippen LogP contribution in [-0.4, -0.2) is 26.0 Å². The van der Waals surface area contributed by atoms with Crippen molar-refractivity contribution in [3.05, 3.63) is 81.8 Å². The van der Waals surface area contributed by atoms with Crippen molar-refractivity contribution in [1.82, 2.24) is 5.32 Å². The van der Waals surface area contributed by atoms with E-state index in [0.29, 0.717) is 35.2 Å². The Morgan fingerprint density at radius 1 is 0.973 bits per heavy atom. The van der Waals surface area contributed by atoms with Gasteiger partial charge in [-0.1, -0.05) is 35.8 Å². The van der Waals surface area contributed by atoms with Crippen LogP contribution in [0.4, 0.5) is 11.4 Å². The van der Waals surface area contributed by atoms with Crippen LogP contribution in [0.2, 0.25) is 0 Å². The minimum atomic E-state index is -3.76. The fraction of sp³-hybridized carbons (Fsp3) is 0.259. The van der Waals surface area contributed by atoms with Gasteiger partial charge in [0.2, 0.25) is 0 Å². The van der Waals surface area contributed by atoms with Crippen molar-refractivity contribution in [2.75, 3.05) is 16.6 Å². The summed E-state index contributed by atoms with van der Waals surface area (Å²) < 4.78 is 34.7. The van der Waals surface area contributed by atoms with E-state index in [1.807, 2.05) is 26.0 Å². The largest absolute Gasteiger partial charge is 0.493 e. The average Bonchev–Trinajstić information content (AvgIpc) is 2.82. The number of hydrogen-bond donors (Lipinski definition) is 3. The van der Waals surface area contributed by atoms with Crippen molar-refractivity contribution in [3.8, 4) is 5.75 Å². The molecule has 0 radical (unpaired) electrons. The Hall–Kier alpha value is -2.95. The van der Waals surface area contributed by atoms with E-state index in [-0.39, 0.29) is 10.0 Å². The first-order chi connectivity index (χ1) is 17.4. The molecule has 7 nitrogen and oxygen atoms in total. The van der Waals surface area contributed by atoms with Crippen LogP contribution >= 0.6 is 28.1 Å². The number of anilines is 2. The Kier molecular flexibility index (Phi) is 9.69. The maximum absolute atomic E-state index is 12.9. The SMILES string of the molecule is Cc1ccc(NS(=O)(=O)c2ccc(NC(=S)NC(=O)c3cc(Br)ccc3OCCC(C)C)cc2)cc1C. The van der Waals surface area contributed by atoms with Crippen LogP contribution in [0.5, 0.6) is 5.75 Å². The van der Waals surface area contributed by atoms with Gasteiger partial charge in [-0.25, -0.2) is 8.42 Å². The van der Waals surface area contributed by atoms with Crippen LogP contribution < -0.4 is 20.1 Å². The van der Waals surface area contributed by atoms with Crippen LogP contribution in [0.1, 0.15) is 41.8 Å². The Morgan fingerprint density at radius 2 is 1.65 bits per heavy atom. The zero-order valence-corrected chi connectivity index (χ0v) is 24.3. The molecule has 0 saturated carbocycles. The number of halogens is 1. The summed E-state index contributed by atoms with van der Waals surface area (Å²) in [4.78, 5) is 13.0. The number of ether oxygens (including phenoxy) is 1. The van der Waals surface area contributed by atoms with E-state index in [2.05, 4.69) is 45.1 Å². The predicted octanol–water partition coefficient (Wildman–Crippen LogP) is 6.42. The van der Waals surface area contributed by atoms with E-state index in [1.165, 1.54) is 12.1 Å². The maximum Gasteiger partial charge on any atom is 0.261 e. The fourth-order valence-corrected chi connectivity index (χ4v) is 4.90. The van der Waals surface area contributed by atoms with E-state index in [1.54, 1.807) is 36.4 Å². The summed E-state index contributed by atoms with van der Waals surface area (Å²) in [7, 11) is -3.76. The molecule has 0 atom stereocenters. The lowest BCUT2D eigenvalue weighted by molar-refractivity contribution is 0.0973. The topological polar surface area (TPSA) is 96.5 Å². The second-order valence-electron chi connectivity index (χ2n) is 9.01. The molecule has 0 aliphatic carbocycles. The Morgan fingerprint density at radius 3 is 2.30 bits per heavy atom. The molecule has 1 amide bonds. The standard InChI is InChI=1S/C27H30BrN3O4S2/c1-17(2)13-14-35-25-12-6-20(28)16-24(25)26(32)30-27(36)29-21-8-10-23(11-9-21)37(33,34)31-22-7-5-18(3)19(4)15-22/h5-12,15-17,31H,13-14H2,1-4H3,(H2,29,30,32,36). The van der Waals surface area contributed by atoms with E-state index in [4.69, 9.17) is 17.0 Å². The van der Waals surface area contributed by atoms with Crippen LogP contribution in [0, 0.1) is 19.8 Å². The van der Waals surface area contributed by atoms with Crippen molar-refractivity contribution >= 4 is 60.6 Å². The van der Waals surface area contributed by atoms with Crippen LogP contribution in [0.15, 0.2) is 70.0 Å². The number of carbonyl (C=O) groups excluding carboxylic acids is 1. The third-order valence-electron chi connectivity index (χ3n) is 5.55. The summed E-state index contributed by atoms with van der Waals surface area (Å²) >= 11 is 8.69. The minimum absolute atomic E-state index is 0.0713. The summed E-state index contributed by atoms with van der Waals surface area (Å²) in [5, 5.41) is 5.63. The van der Waals surface area contributed by atoms with Crippen LogP contribution in [0.3, 0.4) is 0 Å². The van der Waals surface area contributed by atoms with Gasteiger partial charge >= 0.3 is 0 Å². The number of nitrogens with one attached hydrogen (secondary N) is 3. The molecule has 0 bridgehead atoms. The normalized spacial score (nSPS) is 11.2. The quantitative estimate of drug-likeness (QED) is 0.244. The van der Waals surface area contributed by atoms with Gasteiger partial charge in [0.1, 0.15) is 5.75 Å². The molecule has 10 heteroatoms. The first-order valence-corrected chi connectivity index (χ1v) is 14.4. The van der Waals surface area contributed by atoms with Crippen LogP contribution in [-0.2, 0) is 10.0 Å². The first kappa shape index (κ1) is 28.6. The Balaban J connectivity index is 1.63. The molecule has 3 aromatic carbocycles. The zero-order valence-electron chi connectivity index (χ0n) is 21.1.